The Morgan fingerprint density at radius 1 is 1.06 bits per heavy atom. The zero-order valence-electron chi connectivity index (χ0n) is 16.5. The van der Waals surface area contributed by atoms with Crippen molar-refractivity contribution >= 4 is 66.5 Å². The molecule has 4 rings (SSSR count). The summed E-state index contributed by atoms with van der Waals surface area (Å²) in [5, 5.41) is 14.4. The molecule has 0 unspecified atom stereocenters. The average molecular weight is 560 g/mol. The Bertz CT molecular complexity index is 1570. The van der Waals surface area contributed by atoms with Gasteiger partial charge < -0.3 is 0 Å². The fourth-order valence-corrected chi connectivity index (χ4v) is 6.55. The van der Waals surface area contributed by atoms with Crippen LogP contribution in [-0.4, -0.2) is 13.4 Å². The lowest BCUT2D eigenvalue weighted by atomic mass is 10.0. The molecular formula is C21H10Cl2F3N3O2S3. The van der Waals surface area contributed by atoms with Crippen LogP contribution >= 0.6 is 46.3 Å². The summed E-state index contributed by atoms with van der Waals surface area (Å²) in [6.07, 6.45) is -4.70. The summed E-state index contributed by atoms with van der Waals surface area (Å²) < 4.78 is 65.2. The van der Waals surface area contributed by atoms with Crippen molar-refractivity contribution in [2.24, 2.45) is 5.14 Å². The predicted molar refractivity (Wildman–Crippen MR) is 127 cm³/mol. The van der Waals surface area contributed by atoms with Gasteiger partial charge >= 0.3 is 6.18 Å². The number of nitrogens with zero attached hydrogens (tertiary/aromatic N) is 2. The first-order valence-electron chi connectivity index (χ1n) is 9.09. The van der Waals surface area contributed by atoms with E-state index in [2.05, 4.69) is 4.98 Å². The van der Waals surface area contributed by atoms with Crippen molar-refractivity contribution in [1.82, 2.24) is 4.98 Å². The van der Waals surface area contributed by atoms with Crippen LogP contribution < -0.4 is 5.14 Å². The highest BCUT2D eigenvalue weighted by atomic mass is 35.5. The highest BCUT2D eigenvalue weighted by Gasteiger charge is 2.32. The van der Waals surface area contributed by atoms with Crippen LogP contribution in [0.4, 0.5) is 13.2 Å². The second kappa shape index (κ2) is 9.03. The third-order valence-corrected chi connectivity index (χ3v) is 8.64. The number of halogens is 5. The first kappa shape index (κ1) is 24.8. The molecule has 0 atom stereocenters. The SMILES string of the molecule is N#Cc1ccc2sc(Sc3c(Cl)cc(-c4cc(C(F)(F)F)ccc4S(N)(=O)=O)cc3Cl)nc2c1. The molecule has 4 aromatic rings. The molecule has 0 amide bonds. The monoisotopic (exact) mass is 559 g/mol. The molecule has 1 heterocycles. The van der Waals surface area contributed by atoms with Gasteiger partial charge in [0.1, 0.15) is 0 Å². The van der Waals surface area contributed by atoms with E-state index < -0.39 is 26.7 Å². The number of sulfonamides is 1. The summed E-state index contributed by atoms with van der Waals surface area (Å²) in [6, 6.07) is 11.9. The number of hydrogen-bond acceptors (Lipinski definition) is 6. The number of fused-ring (bicyclic) bond motifs is 1. The molecule has 5 nitrogen and oxygen atoms in total. The molecule has 0 aliphatic heterocycles. The fourth-order valence-electron chi connectivity index (χ4n) is 3.10. The van der Waals surface area contributed by atoms with E-state index in [0.717, 1.165) is 22.5 Å². The predicted octanol–water partition coefficient (Wildman–Crippen LogP) is 6.96. The van der Waals surface area contributed by atoms with E-state index >= 15 is 0 Å². The highest BCUT2D eigenvalue weighted by molar-refractivity contribution is 8.01. The van der Waals surface area contributed by atoms with Gasteiger partial charge in [0, 0.05) is 5.56 Å². The van der Waals surface area contributed by atoms with Gasteiger partial charge in [-0.05, 0) is 54.1 Å². The number of nitriles is 1. The lowest BCUT2D eigenvalue weighted by Crippen LogP contribution is -2.15. The van der Waals surface area contributed by atoms with Crippen molar-refractivity contribution in [2.45, 2.75) is 20.3 Å². The van der Waals surface area contributed by atoms with Gasteiger partial charge in [0.2, 0.25) is 10.0 Å². The minimum atomic E-state index is -4.70. The van der Waals surface area contributed by atoms with E-state index in [-0.39, 0.29) is 21.2 Å². The van der Waals surface area contributed by atoms with Crippen LogP contribution in [0.15, 0.2) is 62.7 Å². The van der Waals surface area contributed by atoms with Crippen molar-refractivity contribution < 1.29 is 21.6 Å². The molecule has 0 saturated heterocycles. The lowest BCUT2D eigenvalue weighted by molar-refractivity contribution is -0.137. The van der Waals surface area contributed by atoms with E-state index in [1.807, 2.05) is 6.07 Å². The Hall–Kier alpha value is -2.33. The number of alkyl halides is 3. The van der Waals surface area contributed by atoms with Crippen LogP contribution in [0.25, 0.3) is 21.3 Å². The molecule has 0 saturated carbocycles. The number of benzene rings is 3. The third kappa shape index (κ3) is 5.02. The molecule has 174 valence electrons. The average Bonchev–Trinajstić information content (AvgIpc) is 3.16. The van der Waals surface area contributed by atoms with Crippen molar-refractivity contribution in [1.29, 1.82) is 5.26 Å². The molecule has 0 spiro atoms. The van der Waals surface area contributed by atoms with E-state index in [1.54, 1.807) is 18.2 Å². The minimum absolute atomic E-state index is 0.0532. The lowest BCUT2D eigenvalue weighted by Gasteiger charge is -2.14. The second-order valence-corrected chi connectivity index (χ2v) is 11.5. The zero-order chi connectivity index (χ0) is 24.8. The summed E-state index contributed by atoms with van der Waals surface area (Å²) in [4.78, 5) is 4.35. The molecular weight excluding hydrogens is 550 g/mol. The maximum absolute atomic E-state index is 13.3. The largest absolute Gasteiger partial charge is 0.416 e. The van der Waals surface area contributed by atoms with Crippen LogP contribution in [-0.2, 0) is 16.2 Å². The molecule has 2 N–H and O–H groups in total. The molecule has 1 aromatic heterocycles. The van der Waals surface area contributed by atoms with Gasteiger partial charge in [-0.25, -0.2) is 18.5 Å². The van der Waals surface area contributed by atoms with Gasteiger partial charge in [0.05, 0.1) is 47.2 Å². The first-order valence-corrected chi connectivity index (χ1v) is 13.0. The minimum Gasteiger partial charge on any atom is -0.229 e. The Morgan fingerprint density at radius 3 is 2.32 bits per heavy atom. The Kier molecular flexibility index (Phi) is 6.58. The van der Waals surface area contributed by atoms with Crippen molar-refractivity contribution in [2.75, 3.05) is 0 Å². The first-order chi connectivity index (χ1) is 15.9. The zero-order valence-corrected chi connectivity index (χ0v) is 20.5. The van der Waals surface area contributed by atoms with Gasteiger partial charge in [0.15, 0.2) is 4.34 Å². The van der Waals surface area contributed by atoms with Gasteiger partial charge in [-0.1, -0.05) is 35.0 Å². The van der Waals surface area contributed by atoms with Crippen LogP contribution in [0.2, 0.25) is 10.0 Å². The van der Waals surface area contributed by atoms with Crippen LogP contribution in [0.1, 0.15) is 11.1 Å². The van der Waals surface area contributed by atoms with Gasteiger partial charge in [-0.15, -0.1) is 11.3 Å². The Morgan fingerprint density at radius 2 is 1.74 bits per heavy atom. The summed E-state index contributed by atoms with van der Waals surface area (Å²) in [5.41, 5.74) is -0.190. The smallest absolute Gasteiger partial charge is 0.229 e. The van der Waals surface area contributed by atoms with Gasteiger partial charge in [-0.2, -0.15) is 18.4 Å². The van der Waals surface area contributed by atoms with Crippen LogP contribution in [0.3, 0.4) is 0 Å². The summed E-state index contributed by atoms with van der Waals surface area (Å²) >= 11 is 15.3. The molecule has 34 heavy (non-hydrogen) atoms. The summed E-state index contributed by atoms with van der Waals surface area (Å²) in [7, 11) is -4.34. The van der Waals surface area contributed by atoms with E-state index in [4.69, 9.17) is 33.6 Å². The number of hydrogen-bond donors (Lipinski definition) is 1. The number of primary sulfonamides is 1. The topological polar surface area (TPSA) is 96.8 Å². The van der Waals surface area contributed by atoms with E-state index in [9.17, 15) is 21.6 Å². The number of nitrogens with two attached hydrogens (primary N) is 1. The molecule has 0 radical (unpaired) electrons. The van der Waals surface area contributed by atoms with Crippen molar-refractivity contribution in [3.05, 3.63) is 69.7 Å². The van der Waals surface area contributed by atoms with E-state index in [0.29, 0.717) is 32.4 Å². The Balaban J connectivity index is 1.79. The molecule has 0 bridgehead atoms. The van der Waals surface area contributed by atoms with Gasteiger partial charge in [-0.3, -0.25) is 0 Å². The number of rotatable bonds is 4. The number of aromatic nitrogens is 1. The maximum atomic E-state index is 13.3. The molecule has 0 aliphatic carbocycles. The molecule has 0 fully saturated rings. The standard InChI is InChI=1S/C21H10Cl2F3N3O2S3/c22-14-6-11(13-8-12(21(24,25)26)2-4-18(13)34(28,30)31)7-15(23)19(14)33-20-29-16-5-10(9-27)1-3-17(16)32-20/h1-8H,(H2,28,30,31). The fraction of sp³-hybridized carbons (Fsp3) is 0.0476. The molecule has 13 heteroatoms. The van der Waals surface area contributed by atoms with Gasteiger partial charge in [0.25, 0.3) is 0 Å². The third-order valence-electron chi connectivity index (χ3n) is 4.61. The summed E-state index contributed by atoms with van der Waals surface area (Å²) in [6.45, 7) is 0. The second-order valence-electron chi connectivity index (χ2n) is 6.90. The van der Waals surface area contributed by atoms with Crippen molar-refractivity contribution in [3.63, 3.8) is 0 Å². The molecule has 0 aliphatic rings. The molecule has 3 aromatic carbocycles. The van der Waals surface area contributed by atoms with Crippen LogP contribution in [0.5, 0.6) is 0 Å². The number of thiazole rings is 1. The van der Waals surface area contributed by atoms with E-state index in [1.165, 1.54) is 23.5 Å². The summed E-state index contributed by atoms with van der Waals surface area (Å²) in [5.74, 6) is 0. The quantitative estimate of drug-likeness (QED) is 0.291. The maximum Gasteiger partial charge on any atom is 0.416 e. The normalized spacial score (nSPS) is 12.1. The van der Waals surface area contributed by atoms with Crippen molar-refractivity contribution in [3.8, 4) is 17.2 Å². The Labute approximate surface area is 210 Å². The highest BCUT2D eigenvalue weighted by Crippen LogP contribution is 2.44. The van der Waals surface area contributed by atoms with Crippen LogP contribution in [0, 0.1) is 11.3 Å².